The third-order valence-electron chi connectivity index (χ3n) is 3.79. The topological polar surface area (TPSA) is 73.1 Å². The van der Waals surface area contributed by atoms with Crippen molar-refractivity contribution in [2.45, 2.75) is 19.8 Å². The fourth-order valence-corrected chi connectivity index (χ4v) is 3.71. The summed E-state index contributed by atoms with van der Waals surface area (Å²) in [5, 5.41) is 11.5. The second-order valence-electron chi connectivity index (χ2n) is 5.27. The highest BCUT2D eigenvalue weighted by Gasteiger charge is 2.23. The van der Waals surface area contributed by atoms with Gasteiger partial charge in [0.15, 0.2) is 22.2 Å². The fraction of sp³-hybridized carbons (Fsp3) is 0.250. The molecule has 1 aliphatic rings. The molecule has 1 N–H and O–H groups in total. The van der Waals surface area contributed by atoms with Gasteiger partial charge in [0.25, 0.3) is 0 Å². The first-order chi connectivity index (χ1) is 11.2. The van der Waals surface area contributed by atoms with Gasteiger partial charge in [-0.1, -0.05) is 13.3 Å². The van der Waals surface area contributed by atoms with Crippen LogP contribution in [0.5, 0.6) is 11.5 Å². The number of carboxylic acid groups (broad SMARTS) is 1. The van der Waals surface area contributed by atoms with Gasteiger partial charge in [-0.25, -0.2) is 9.78 Å². The van der Waals surface area contributed by atoms with Crippen LogP contribution >= 0.6 is 11.3 Å². The first kappa shape index (κ1) is 14.1. The minimum atomic E-state index is -0.957. The molecule has 0 bridgehead atoms. The van der Waals surface area contributed by atoms with Crippen molar-refractivity contribution in [2.24, 2.45) is 0 Å². The molecule has 2 aromatic heterocycles. The summed E-state index contributed by atoms with van der Waals surface area (Å²) in [7, 11) is 0. The Morgan fingerprint density at radius 1 is 1.39 bits per heavy atom. The van der Waals surface area contributed by atoms with Crippen LogP contribution in [0.2, 0.25) is 0 Å². The number of aryl methyl sites for hydroxylation is 1. The lowest BCUT2D eigenvalue weighted by atomic mass is 10.1. The van der Waals surface area contributed by atoms with Crippen molar-refractivity contribution in [3.05, 3.63) is 35.0 Å². The maximum atomic E-state index is 11.7. The van der Waals surface area contributed by atoms with Gasteiger partial charge < -0.3 is 14.6 Å². The number of hydrogen-bond donors (Lipinski definition) is 1. The molecule has 23 heavy (non-hydrogen) atoms. The third-order valence-corrected chi connectivity index (χ3v) is 4.62. The van der Waals surface area contributed by atoms with E-state index in [0.717, 1.165) is 17.7 Å². The maximum Gasteiger partial charge on any atom is 0.354 e. The molecule has 4 rings (SSSR count). The number of rotatable bonds is 4. The molecule has 0 atom stereocenters. The lowest BCUT2D eigenvalue weighted by Gasteiger charge is -2.04. The van der Waals surface area contributed by atoms with Crippen LogP contribution in [0.3, 0.4) is 0 Å². The van der Waals surface area contributed by atoms with Crippen molar-refractivity contribution in [3.8, 4) is 22.8 Å². The first-order valence-electron chi connectivity index (χ1n) is 7.31. The molecular weight excluding hydrogens is 316 g/mol. The SMILES string of the molecule is CCCc1nc2scc(-c3ccc4c(c3)OCO4)n2c1C(=O)O. The summed E-state index contributed by atoms with van der Waals surface area (Å²) >= 11 is 1.44. The molecule has 1 aromatic carbocycles. The molecular formula is C16H14N2O4S. The Balaban J connectivity index is 1.92. The predicted molar refractivity (Wildman–Crippen MR) is 85.6 cm³/mol. The number of ether oxygens (including phenoxy) is 2. The average molecular weight is 330 g/mol. The van der Waals surface area contributed by atoms with Gasteiger partial charge in [-0.2, -0.15) is 0 Å². The number of fused-ring (bicyclic) bond motifs is 2. The number of carbonyl (C=O) groups is 1. The molecule has 0 radical (unpaired) electrons. The van der Waals surface area contributed by atoms with E-state index >= 15 is 0 Å². The Bertz CT molecular complexity index is 912. The second kappa shape index (κ2) is 5.27. The van der Waals surface area contributed by atoms with Gasteiger partial charge in [-0.3, -0.25) is 4.40 Å². The van der Waals surface area contributed by atoms with Crippen LogP contribution < -0.4 is 9.47 Å². The first-order valence-corrected chi connectivity index (χ1v) is 8.19. The van der Waals surface area contributed by atoms with Gasteiger partial charge in [-0.15, -0.1) is 11.3 Å². The highest BCUT2D eigenvalue weighted by atomic mass is 32.1. The summed E-state index contributed by atoms with van der Waals surface area (Å²) in [5.41, 5.74) is 2.56. The van der Waals surface area contributed by atoms with Crippen molar-refractivity contribution >= 4 is 22.3 Å². The van der Waals surface area contributed by atoms with E-state index in [1.807, 2.05) is 30.5 Å². The molecule has 1 aliphatic heterocycles. The number of aromatic nitrogens is 2. The van der Waals surface area contributed by atoms with Crippen molar-refractivity contribution in [1.82, 2.24) is 9.38 Å². The predicted octanol–water partition coefficient (Wildman–Crippen LogP) is 3.44. The van der Waals surface area contributed by atoms with Crippen LogP contribution in [-0.2, 0) is 6.42 Å². The molecule has 118 valence electrons. The molecule has 0 aliphatic carbocycles. The highest BCUT2D eigenvalue weighted by Crippen LogP contribution is 2.37. The van der Waals surface area contributed by atoms with Crippen LogP contribution in [0.25, 0.3) is 16.2 Å². The zero-order chi connectivity index (χ0) is 16.0. The number of thiazole rings is 1. The van der Waals surface area contributed by atoms with E-state index in [0.29, 0.717) is 28.6 Å². The lowest BCUT2D eigenvalue weighted by molar-refractivity contribution is 0.0688. The molecule has 0 amide bonds. The zero-order valence-electron chi connectivity index (χ0n) is 12.4. The summed E-state index contributed by atoms with van der Waals surface area (Å²) in [5.74, 6) is 0.421. The number of nitrogens with zero attached hydrogens (tertiary/aromatic N) is 2. The minimum absolute atomic E-state index is 0.212. The average Bonchev–Trinajstić information content (AvgIpc) is 3.19. The van der Waals surface area contributed by atoms with Gasteiger partial charge in [0.1, 0.15) is 0 Å². The van der Waals surface area contributed by atoms with Gasteiger partial charge in [0, 0.05) is 10.9 Å². The van der Waals surface area contributed by atoms with E-state index in [2.05, 4.69) is 4.98 Å². The molecule has 0 unspecified atom stereocenters. The van der Waals surface area contributed by atoms with E-state index in [-0.39, 0.29) is 12.5 Å². The number of benzene rings is 1. The third kappa shape index (κ3) is 2.16. The van der Waals surface area contributed by atoms with E-state index in [4.69, 9.17) is 9.47 Å². The summed E-state index contributed by atoms with van der Waals surface area (Å²) in [4.78, 5) is 16.9. The Morgan fingerprint density at radius 2 is 2.22 bits per heavy atom. The van der Waals surface area contributed by atoms with Gasteiger partial charge in [-0.05, 0) is 24.6 Å². The smallest absolute Gasteiger partial charge is 0.354 e. The Labute approximate surface area is 135 Å². The van der Waals surface area contributed by atoms with Crippen LogP contribution in [0, 0.1) is 0 Å². The standard InChI is InChI=1S/C16H14N2O4S/c1-2-3-10-14(15(19)20)18-11(7-23-16(18)17-10)9-4-5-12-13(6-9)22-8-21-12/h4-7H,2-3,8H2,1H3,(H,19,20). The molecule has 0 saturated carbocycles. The molecule has 3 aromatic rings. The number of imidazole rings is 1. The van der Waals surface area contributed by atoms with Crippen molar-refractivity contribution in [3.63, 3.8) is 0 Å². The van der Waals surface area contributed by atoms with Gasteiger partial charge >= 0.3 is 5.97 Å². The number of aromatic carboxylic acids is 1. The second-order valence-corrected chi connectivity index (χ2v) is 6.11. The fourth-order valence-electron chi connectivity index (χ4n) is 2.79. The quantitative estimate of drug-likeness (QED) is 0.793. The van der Waals surface area contributed by atoms with E-state index in [1.54, 1.807) is 4.40 Å². The molecule has 6 nitrogen and oxygen atoms in total. The molecule has 3 heterocycles. The molecule has 0 saturated heterocycles. The van der Waals surface area contributed by atoms with E-state index < -0.39 is 5.97 Å². The summed E-state index contributed by atoms with van der Waals surface area (Å²) in [6.45, 7) is 2.22. The Hall–Kier alpha value is -2.54. The monoisotopic (exact) mass is 330 g/mol. The maximum absolute atomic E-state index is 11.7. The largest absolute Gasteiger partial charge is 0.477 e. The van der Waals surface area contributed by atoms with Crippen molar-refractivity contribution < 1.29 is 19.4 Å². The minimum Gasteiger partial charge on any atom is -0.477 e. The normalized spacial score (nSPS) is 12.9. The van der Waals surface area contributed by atoms with Crippen LogP contribution in [-0.4, -0.2) is 27.3 Å². The Morgan fingerprint density at radius 3 is 3.00 bits per heavy atom. The van der Waals surface area contributed by atoms with E-state index in [9.17, 15) is 9.90 Å². The highest BCUT2D eigenvalue weighted by molar-refractivity contribution is 7.15. The lowest BCUT2D eigenvalue weighted by Crippen LogP contribution is -2.06. The van der Waals surface area contributed by atoms with Crippen LogP contribution in [0.4, 0.5) is 0 Å². The van der Waals surface area contributed by atoms with Crippen LogP contribution in [0.1, 0.15) is 29.5 Å². The Kier molecular flexibility index (Phi) is 3.23. The number of carboxylic acids is 1. The molecule has 0 fully saturated rings. The number of hydrogen-bond acceptors (Lipinski definition) is 5. The molecule has 7 heteroatoms. The van der Waals surface area contributed by atoms with Gasteiger partial charge in [0.05, 0.1) is 11.4 Å². The van der Waals surface area contributed by atoms with Crippen molar-refractivity contribution in [1.29, 1.82) is 0 Å². The zero-order valence-corrected chi connectivity index (χ0v) is 13.2. The van der Waals surface area contributed by atoms with Crippen molar-refractivity contribution in [2.75, 3.05) is 6.79 Å². The summed E-state index contributed by atoms with van der Waals surface area (Å²) in [6.07, 6.45) is 1.50. The summed E-state index contributed by atoms with van der Waals surface area (Å²) in [6, 6.07) is 5.61. The summed E-state index contributed by atoms with van der Waals surface area (Å²) < 4.78 is 12.5. The molecule has 0 spiro atoms. The van der Waals surface area contributed by atoms with Gasteiger partial charge in [0.2, 0.25) is 6.79 Å². The van der Waals surface area contributed by atoms with Crippen LogP contribution in [0.15, 0.2) is 23.6 Å². The van der Waals surface area contributed by atoms with E-state index in [1.165, 1.54) is 11.3 Å².